The highest BCUT2D eigenvalue weighted by atomic mass is 79.9. The molecule has 0 bridgehead atoms. The monoisotopic (exact) mass is 335 g/mol. The van der Waals surface area contributed by atoms with Crippen LogP contribution in [-0.2, 0) is 24.7 Å². The molecule has 5 nitrogen and oxygen atoms in total. The zero-order chi connectivity index (χ0) is 13.6. The van der Waals surface area contributed by atoms with Crippen LogP contribution in [0.4, 0.5) is 0 Å². The Bertz CT molecular complexity index is 498. The number of ether oxygens (including phenoxy) is 1. The van der Waals surface area contributed by atoms with Crippen molar-refractivity contribution in [1.29, 1.82) is 0 Å². The molecule has 18 heavy (non-hydrogen) atoms. The van der Waals surface area contributed by atoms with Gasteiger partial charge < -0.3 is 4.74 Å². The fourth-order valence-corrected chi connectivity index (χ4v) is 2.69. The van der Waals surface area contributed by atoms with E-state index in [0.717, 1.165) is 5.56 Å². The van der Waals surface area contributed by atoms with Crippen LogP contribution < -0.4 is 5.32 Å². The topological polar surface area (TPSA) is 72.5 Å². The molecular weight excluding hydrogens is 322 g/mol. The van der Waals surface area contributed by atoms with Crippen LogP contribution in [0.3, 0.4) is 0 Å². The maximum absolute atomic E-state index is 11.9. The molecule has 0 unspecified atom stereocenters. The first kappa shape index (κ1) is 15.1. The van der Waals surface area contributed by atoms with E-state index in [1.165, 1.54) is 7.11 Å². The molecule has 0 heterocycles. The maximum atomic E-state index is 11.9. The van der Waals surface area contributed by atoms with Crippen LogP contribution in [0.2, 0.25) is 0 Å². The van der Waals surface area contributed by atoms with Gasteiger partial charge in [0.25, 0.3) is 0 Å². The molecule has 0 aromatic heterocycles. The van der Waals surface area contributed by atoms with Crippen molar-refractivity contribution in [2.75, 3.05) is 19.5 Å². The number of alkyl halides is 1. The summed E-state index contributed by atoms with van der Waals surface area (Å²) in [5.74, 6) is -0.796. The molecule has 1 N–H and O–H groups in total. The van der Waals surface area contributed by atoms with E-state index in [2.05, 4.69) is 26.0 Å². The number of hydrogen-bond acceptors (Lipinski definition) is 5. The first-order chi connectivity index (χ1) is 8.49. The number of methoxy groups -OCH3 is 1. The molecule has 0 aliphatic rings. The van der Waals surface area contributed by atoms with Crippen LogP contribution in [0.15, 0.2) is 29.2 Å². The van der Waals surface area contributed by atoms with Gasteiger partial charge in [-0.2, -0.15) is 0 Å². The number of halogens is 1. The second-order valence-electron chi connectivity index (χ2n) is 3.54. The Hall–Kier alpha value is -0.920. The summed E-state index contributed by atoms with van der Waals surface area (Å²) < 4.78 is 28.2. The number of nitrogens with one attached hydrogen (secondary N) is 1. The Morgan fingerprint density at radius 2 is 1.94 bits per heavy atom. The molecule has 1 aromatic carbocycles. The SMILES string of the molecule is COC(=O)CNCS(=O)(=O)c1ccc(CBr)cc1. The second-order valence-corrected chi connectivity index (χ2v) is 6.09. The van der Waals surface area contributed by atoms with Crippen molar-refractivity contribution in [3.63, 3.8) is 0 Å². The van der Waals surface area contributed by atoms with Gasteiger partial charge in [0.15, 0.2) is 9.84 Å². The van der Waals surface area contributed by atoms with Crippen molar-refractivity contribution in [3.05, 3.63) is 29.8 Å². The largest absolute Gasteiger partial charge is 0.468 e. The quantitative estimate of drug-likeness (QED) is 0.622. The first-order valence-electron chi connectivity index (χ1n) is 5.15. The molecule has 0 amide bonds. The fourth-order valence-electron chi connectivity index (χ4n) is 1.23. The summed E-state index contributed by atoms with van der Waals surface area (Å²) >= 11 is 3.29. The van der Waals surface area contributed by atoms with Gasteiger partial charge in [0.1, 0.15) is 5.88 Å². The van der Waals surface area contributed by atoms with Crippen molar-refractivity contribution in [2.24, 2.45) is 0 Å². The van der Waals surface area contributed by atoms with Crippen LogP contribution in [0, 0.1) is 0 Å². The van der Waals surface area contributed by atoms with E-state index in [1.807, 2.05) is 0 Å². The lowest BCUT2D eigenvalue weighted by Crippen LogP contribution is -2.29. The summed E-state index contributed by atoms with van der Waals surface area (Å²) in [7, 11) is -2.18. The Kier molecular flexibility index (Phi) is 5.77. The Morgan fingerprint density at radius 1 is 1.33 bits per heavy atom. The first-order valence-corrected chi connectivity index (χ1v) is 7.92. The maximum Gasteiger partial charge on any atom is 0.319 e. The molecule has 0 atom stereocenters. The molecular formula is C11H14BrNO4S. The molecule has 0 aliphatic heterocycles. The molecule has 0 saturated heterocycles. The third kappa shape index (κ3) is 4.40. The van der Waals surface area contributed by atoms with Gasteiger partial charge in [0.2, 0.25) is 0 Å². The Labute approximate surface area is 115 Å². The van der Waals surface area contributed by atoms with Gasteiger partial charge in [-0.1, -0.05) is 28.1 Å². The van der Waals surface area contributed by atoms with E-state index >= 15 is 0 Å². The average Bonchev–Trinajstić information content (AvgIpc) is 2.38. The number of esters is 1. The van der Waals surface area contributed by atoms with Crippen LogP contribution >= 0.6 is 15.9 Å². The van der Waals surface area contributed by atoms with E-state index in [0.29, 0.717) is 5.33 Å². The minimum Gasteiger partial charge on any atom is -0.468 e. The smallest absolute Gasteiger partial charge is 0.319 e. The summed E-state index contributed by atoms with van der Waals surface area (Å²) in [6.07, 6.45) is 0. The number of carbonyl (C=O) groups is 1. The van der Waals surface area contributed by atoms with Gasteiger partial charge in [-0.25, -0.2) is 8.42 Å². The number of carbonyl (C=O) groups excluding carboxylic acids is 1. The molecule has 1 rings (SSSR count). The van der Waals surface area contributed by atoms with E-state index < -0.39 is 15.8 Å². The highest BCUT2D eigenvalue weighted by Crippen LogP contribution is 2.13. The predicted octanol–water partition coefficient (Wildman–Crippen LogP) is 1.08. The zero-order valence-electron chi connectivity index (χ0n) is 9.85. The summed E-state index contributed by atoms with van der Waals surface area (Å²) in [5.41, 5.74) is 0.997. The van der Waals surface area contributed by atoms with Crippen LogP contribution in [0.5, 0.6) is 0 Å². The molecule has 0 radical (unpaired) electrons. The Balaban J connectivity index is 2.65. The number of rotatable bonds is 6. The number of benzene rings is 1. The van der Waals surface area contributed by atoms with E-state index in [-0.39, 0.29) is 17.3 Å². The van der Waals surface area contributed by atoms with Crippen molar-refractivity contribution >= 4 is 31.7 Å². The average molecular weight is 336 g/mol. The highest BCUT2D eigenvalue weighted by molar-refractivity contribution is 9.08. The second kappa shape index (κ2) is 6.86. The van der Waals surface area contributed by atoms with Crippen LogP contribution in [-0.4, -0.2) is 33.9 Å². The standard InChI is InChI=1S/C11H14BrNO4S/c1-17-11(14)7-13-8-18(15,16)10-4-2-9(6-12)3-5-10/h2-5,13H,6-8H2,1H3. The van der Waals surface area contributed by atoms with Gasteiger partial charge >= 0.3 is 5.97 Å². The molecule has 0 aliphatic carbocycles. The van der Waals surface area contributed by atoms with Crippen molar-refractivity contribution in [1.82, 2.24) is 5.32 Å². The van der Waals surface area contributed by atoms with E-state index in [4.69, 9.17) is 0 Å². The summed E-state index contributed by atoms with van der Waals surface area (Å²) in [5, 5.41) is 3.21. The predicted molar refractivity (Wildman–Crippen MR) is 71.1 cm³/mol. The third-order valence-electron chi connectivity index (χ3n) is 2.23. The van der Waals surface area contributed by atoms with E-state index in [1.54, 1.807) is 24.3 Å². The van der Waals surface area contributed by atoms with Gasteiger partial charge in [-0.15, -0.1) is 0 Å². The van der Waals surface area contributed by atoms with Crippen LogP contribution in [0.1, 0.15) is 5.56 Å². The van der Waals surface area contributed by atoms with Gasteiger partial charge in [0, 0.05) is 5.33 Å². The van der Waals surface area contributed by atoms with Crippen molar-refractivity contribution < 1.29 is 17.9 Å². The van der Waals surface area contributed by atoms with Gasteiger partial charge in [0.05, 0.1) is 18.6 Å². The van der Waals surface area contributed by atoms with Gasteiger partial charge in [-0.3, -0.25) is 10.1 Å². The normalized spacial score (nSPS) is 11.2. The molecule has 7 heteroatoms. The highest BCUT2D eigenvalue weighted by Gasteiger charge is 2.14. The minimum absolute atomic E-state index is 0.130. The summed E-state index contributed by atoms with van der Waals surface area (Å²) in [6, 6.07) is 6.57. The zero-order valence-corrected chi connectivity index (χ0v) is 12.3. The summed E-state index contributed by atoms with van der Waals surface area (Å²) in [4.78, 5) is 11.1. The van der Waals surface area contributed by atoms with Crippen LogP contribution in [0.25, 0.3) is 0 Å². The lowest BCUT2D eigenvalue weighted by Gasteiger charge is -2.06. The fraction of sp³-hybridized carbons (Fsp3) is 0.364. The number of sulfone groups is 1. The van der Waals surface area contributed by atoms with Gasteiger partial charge in [-0.05, 0) is 17.7 Å². The lowest BCUT2D eigenvalue weighted by molar-refractivity contribution is -0.139. The van der Waals surface area contributed by atoms with Crippen molar-refractivity contribution in [2.45, 2.75) is 10.2 Å². The Morgan fingerprint density at radius 3 is 2.44 bits per heavy atom. The minimum atomic E-state index is -3.42. The van der Waals surface area contributed by atoms with E-state index in [9.17, 15) is 13.2 Å². The molecule has 0 saturated carbocycles. The molecule has 0 fully saturated rings. The van der Waals surface area contributed by atoms with Crippen molar-refractivity contribution in [3.8, 4) is 0 Å². The summed E-state index contributed by atoms with van der Waals surface area (Å²) in [6.45, 7) is -0.130. The number of hydrogen-bond donors (Lipinski definition) is 1. The molecule has 1 aromatic rings. The third-order valence-corrected chi connectivity index (χ3v) is 4.45. The lowest BCUT2D eigenvalue weighted by atomic mass is 10.2. The molecule has 100 valence electrons. The molecule has 0 spiro atoms.